The summed E-state index contributed by atoms with van der Waals surface area (Å²) in [5.41, 5.74) is 0.952. The van der Waals surface area contributed by atoms with Crippen LogP contribution in [-0.2, 0) is 11.3 Å². The quantitative estimate of drug-likeness (QED) is 0.908. The molecule has 2 fully saturated rings. The third-order valence-corrected chi connectivity index (χ3v) is 4.39. The molecule has 0 bridgehead atoms. The number of hydrogen-bond acceptors (Lipinski definition) is 2. The zero-order chi connectivity index (χ0) is 15.5. The van der Waals surface area contributed by atoms with Gasteiger partial charge in [0.2, 0.25) is 0 Å². The monoisotopic (exact) mass is 306 g/mol. The number of benzene rings is 1. The maximum absolute atomic E-state index is 13.0. The Balaban J connectivity index is 1.60. The number of nitrogens with one attached hydrogen (secondary N) is 1. The van der Waals surface area contributed by atoms with Crippen LogP contribution in [-0.4, -0.2) is 35.7 Å². The zero-order valence-electron chi connectivity index (χ0n) is 12.9. The number of urea groups is 1. The van der Waals surface area contributed by atoms with E-state index in [9.17, 15) is 9.18 Å². The molecule has 2 atom stereocenters. The zero-order valence-corrected chi connectivity index (χ0v) is 12.9. The number of carbonyl (C=O) groups excluding carboxylic acids is 1. The minimum absolute atomic E-state index is 0.0180. The Morgan fingerprint density at radius 1 is 1.36 bits per heavy atom. The molecule has 3 rings (SSSR count). The van der Waals surface area contributed by atoms with Crippen molar-refractivity contribution in [2.75, 3.05) is 6.61 Å². The molecular formula is C17H23FN2O2. The molecule has 2 aliphatic rings. The molecule has 1 N–H and O–H groups in total. The van der Waals surface area contributed by atoms with E-state index in [0.717, 1.165) is 37.9 Å². The van der Waals surface area contributed by atoms with Crippen molar-refractivity contribution in [3.8, 4) is 0 Å². The van der Waals surface area contributed by atoms with Gasteiger partial charge in [-0.2, -0.15) is 0 Å². The molecule has 4 nitrogen and oxygen atoms in total. The highest BCUT2D eigenvalue weighted by molar-refractivity contribution is 5.75. The van der Waals surface area contributed by atoms with Crippen LogP contribution < -0.4 is 5.32 Å². The van der Waals surface area contributed by atoms with Crippen molar-refractivity contribution in [2.45, 2.75) is 57.3 Å². The predicted molar refractivity (Wildman–Crippen MR) is 81.9 cm³/mol. The van der Waals surface area contributed by atoms with Crippen molar-refractivity contribution < 1.29 is 13.9 Å². The first-order valence-electron chi connectivity index (χ1n) is 8.06. The van der Waals surface area contributed by atoms with Gasteiger partial charge in [0.1, 0.15) is 5.82 Å². The number of amides is 2. The number of halogens is 1. The van der Waals surface area contributed by atoms with Crippen molar-refractivity contribution in [1.82, 2.24) is 10.2 Å². The van der Waals surface area contributed by atoms with Gasteiger partial charge in [-0.05, 0) is 50.3 Å². The second-order valence-corrected chi connectivity index (χ2v) is 6.28. The molecule has 5 heteroatoms. The van der Waals surface area contributed by atoms with E-state index in [4.69, 9.17) is 4.74 Å². The van der Waals surface area contributed by atoms with Gasteiger partial charge in [-0.15, -0.1) is 0 Å². The molecule has 1 saturated carbocycles. The molecule has 22 heavy (non-hydrogen) atoms. The molecule has 1 aromatic carbocycles. The molecular weight excluding hydrogens is 283 g/mol. The lowest BCUT2D eigenvalue weighted by atomic mass is 10.1. The number of rotatable bonds is 5. The Kier molecular flexibility index (Phi) is 4.62. The Bertz CT molecular complexity index is 510. The molecule has 1 saturated heterocycles. The molecule has 0 aromatic heterocycles. The summed E-state index contributed by atoms with van der Waals surface area (Å²) in [5, 5.41) is 3.06. The van der Waals surface area contributed by atoms with Gasteiger partial charge in [-0.25, -0.2) is 9.18 Å². The smallest absolute Gasteiger partial charge is 0.318 e. The van der Waals surface area contributed by atoms with Crippen LogP contribution in [0.2, 0.25) is 0 Å². The van der Waals surface area contributed by atoms with Crippen LogP contribution in [0, 0.1) is 5.82 Å². The van der Waals surface area contributed by atoms with Crippen molar-refractivity contribution >= 4 is 6.03 Å². The minimum atomic E-state index is -0.252. The van der Waals surface area contributed by atoms with Crippen LogP contribution in [0.4, 0.5) is 9.18 Å². The van der Waals surface area contributed by atoms with Gasteiger partial charge in [0.25, 0.3) is 0 Å². The van der Waals surface area contributed by atoms with Crippen LogP contribution >= 0.6 is 0 Å². The number of ether oxygens (including phenoxy) is 1. The molecule has 1 aliphatic carbocycles. The normalized spacial score (nSPS) is 22.4. The van der Waals surface area contributed by atoms with E-state index in [1.54, 1.807) is 12.1 Å². The summed E-state index contributed by atoms with van der Waals surface area (Å²) in [6.45, 7) is 3.30. The second kappa shape index (κ2) is 6.65. The standard InChI is InChI=1S/C17H23FN2O2/c1-12(16-3-2-10-22-16)19-17(21)20(15-8-9-15)11-13-4-6-14(18)7-5-13/h4-7,12,15-16H,2-3,8-11H2,1H3,(H,19,21). The lowest BCUT2D eigenvalue weighted by Gasteiger charge is -2.27. The van der Waals surface area contributed by atoms with E-state index in [0.29, 0.717) is 12.6 Å². The Labute approximate surface area is 130 Å². The molecule has 120 valence electrons. The summed E-state index contributed by atoms with van der Waals surface area (Å²) in [6, 6.07) is 6.63. The van der Waals surface area contributed by atoms with Gasteiger partial charge >= 0.3 is 6.03 Å². The van der Waals surface area contributed by atoms with Crippen molar-refractivity contribution in [2.24, 2.45) is 0 Å². The fraction of sp³-hybridized carbons (Fsp3) is 0.588. The van der Waals surface area contributed by atoms with Crippen LogP contribution in [0.25, 0.3) is 0 Å². The lowest BCUT2D eigenvalue weighted by Crippen LogP contribution is -2.48. The average molecular weight is 306 g/mol. The summed E-state index contributed by atoms with van der Waals surface area (Å²) >= 11 is 0. The maximum atomic E-state index is 13.0. The molecule has 1 heterocycles. The van der Waals surface area contributed by atoms with Crippen LogP contribution in [0.5, 0.6) is 0 Å². The van der Waals surface area contributed by atoms with Crippen molar-refractivity contribution in [3.63, 3.8) is 0 Å². The van der Waals surface area contributed by atoms with Gasteiger partial charge in [0, 0.05) is 19.2 Å². The van der Waals surface area contributed by atoms with Gasteiger partial charge in [0.05, 0.1) is 12.1 Å². The summed E-state index contributed by atoms with van der Waals surface area (Å²) in [5.74, 6) is -0.252. The Morgan fingerprint density at radius 3 is 2.68 bits per heavy atom. The van der Waals surface area contributed by atoms with Crippen LogP contribution in [0.3, 0.4) is 0 Å². The first-order valence-corrected chi connectivity index (χ1v) is 8.06. The highest BCUT2D eigenvalue weighted by Gasteiger charge is 2.34. The Hall–Kier alpha value is -1.62. The number of hydrogen-bond donors (Lipinski definition) is 1. The summed E-state index contributed by atoms with van der Waals surface area (Å²) in [4.78, 5) is 14.4. The third-order valence-electron chi connectivity index (χ3n) is 4.39. The second-order valence-electron chi connectivity index (χ2n) is 6.28. The van der Waals surface area contributed by atoms with E-state index in [1.165, 1.54) is 12.1 Å². The van der Waals surface area contributed by atoms with E-state index in [2.05, 4.69) is 5.32 Å². The summed E-state index contributed by atoms with van der Waals surface area (Å²) < 4.78 is 18.6. The van der Waals surface area contributed by atoms with E-state index < -0.39 is 0 Å². The van der Waals surface area contributed by atoms with Crippen LogP contribution in [0.1, 0.15) is 38.2 Å². The van der Waals surface area contributed by atoms with E-state index in [1.807, 2.05) is 11.8 Å². The van der Waals surface area contributed by atoms with Crippen LogP contribution in [0.15, 0.2) is 24.3 Å². The Morgan fingerprint density at radius 2 is 2.09 bits per heavy atom. The van der Waals surface area contributed by atoms with Gasteiger partial charge < -0.3 is 15.0 Å². The largest absolute Gasteiger partial charge is 0.376 e. The van der Waals surface area contributed by atoms with Gasteiger partial charge in [-0.1, -0.05) is 12.1 Å². The first kappa shape index (κ1) is 15.3. The van der Waals surface area contributed by atoms with Gasteiger partial charge in [0.15, 0.2) is 0 Å². The molecule has 0 spiro atoms. The SMILES string of the molecule is CC(NC(=O)N(Cc1ccc(F)cc1)C1CC1)C1CCCO1. The minimum Gasteiger partial charge on any atom is -0.376 e. The molecule has 0 radical (unpaired) electrons. The topological polar surface area (TPSA) is 41.6 Å². The van der Waals surface area contributed by atoms with E-state index in [-0.39, 0.29) is 24.0 Å². The highest BCUT2D eigenvalue weighted by atomic mass is 19.1. The first-order chi connectivity index (χ1) is 10.6. The average Bonchev–Trinajstić information content (AvgIpc) is 3.19. The fourth-order valence-electron chi connectivity index (χ4n) is 2.91. The number of carbonyl (C=O) groups is 1. The maximum Gasteiger partial charge on any atom is 0.318 e. The molecule has 1 aliphatic heterocycles. The number of nitrogens with zero attached hydrogens (tertiary/aromatic N) is 1. The molecule has 1 aromatic rings. The van der Waals surface area contributed by atoms with Crippen molar-refractivity contribution in [3.05, 3.63) is 35.6 Å². The molecule has 2 amide bonds. The predicted octanol–water partition coefficient (Wildman–Crippen LogP) is 3.07. The summed E-state index contributed by atoms with van der Waals surface area (Å²) in [6.07, 6.45) is 4.28. The molecule has 2 unspecified atom stereocenters. The summed E-state index contributed by atoms with van der Waals surface area (Å²) in [7, 11) is 0. The lowest BCUT2D eigenvalue weighted by molar-refractivity contribution is 0.0828. The van der Waals surface area contributed by atoms with E-state index >= 15 is 0 Å². The fourth-order valence-corrected chi connectivity index (χ4v) is 2.91. The highest BCUT2D eigenvalue weighted by Crippen LogP contribution is 2.28. The third kappa shape index (κ3) is 3.77. The van der Waals surface area contributed by atoms with Crippen molar-refractivity contribution in [1.29, 1.82) is 0 Å². The van der Waals surface area contributed by atoms with Gasteiger partial charge in [-0.3, -0.25) is 0 Å².